The molecule has 0 aliphatic rings. The molecule has 0 spiro atoms. The van der Waals surface area contributed by atoms with Gasteiger partial charge in [-0.2, -0.15) is 0 Å². The van der Waals surface area contributed by atoms with Crippen molar-refractivity contribution in [2.75, 3.05) is 34.4 Å². The molecule has 118 valence electrons. The van der Waals surface area contributed by atoms with Gasteiger partial charge in [0.25, 0.3) is 15.0 Å². The highest BCUT2D eigenvalue weighted by Gasteiger charge is 2.23. The van der Waals surface area contributed by atoms with Gasteiger partial charge in [-0.25, -0.2) is 8.42 Å². The third kappa shape index (κ3) is 4.57. The fraction of sp³-hybridized carbons (Fsp3) is 0.417. The third-order valence-corrected chi connectivity index (χ3v) is 4.62. The maximum absolute atomic E-state index is 12.3. The topological polar surface area (TPSA) is 72.9 Å². The molecule has 0 heterocycles. The third-order valence-electron chi connectivity index (χ3n) is 2.70. The van der Waals surface area contributed by atoms with Crippen molar-refractivity contribution >= 4 is 41.6 Å². The molecule has 0 radical (unpaired) electrons. The second kappa shape index (κ2) is 7.44. The number of hydrogen-bond donors (Lipinski definition) is 0. The molecule has 1 aromatic rings. The van der Waals surface area contributed by atoms with Crippen molar-refractivity contribution in [1.29, 1.82) is 0 Å². The van der Waals surface area contributed by atoms with E-state index in [1.54, 1.807) is 7.05 Å². The van der Waals surface area contributed by atoms with Crippen LogP contribution >= 0.6 is 26.6 Å². The average Bonchev–Trinajstić information content (AvgIpc) is 2.41. The molecule has 0 saturated carbocycles. The van der Waals surface area contributed by atoms with Crippen molar-refractivity contribution in [2.24, 2.45) is 0 Å². The number of carbonyl (C=O) groups is 1. The molecular formula is C12H15BrClNO5S. The standard InChI is InChI=1S/C12H15BrClNO5S/c1-15(4-5-19-2)12(16)8-6-9(13)11(20-3)10(7-8)21(14,17)18/h6-7H,4-5H2,1-3H3. The molecule has 21 heavy (non-hydrogen) atoms. The molecule has 9 heteroatoms. The molecule has 0 bridgehead atoms. The number of nitrogens with zero attached hydrogens (tertiary/aromatic N) is 1. The van der Waals surface area contributed by atoms with Crippen molar-refractivity contribution < 1.29 is 22.7 Å². The van der Waals surface area contributed by atoms with Gasteiger partial charge in [-0.1, -0.05) is 0 Å². The fourth-order valence-corrected chi connectivity index (χ4v) is 3.40. The van der Waals surface area contributed by atoms with E-state index in [1.165, 1.54) is 31.3 Å². The van der Waals surface area contributed by atoms with E-state index in [9.17, 15) is 13.2 Å². The van der Waals surface area contributed by atoms with Gasteiger partial charge in [0.1, 0.15) is 4.90 Å². The Labute approximate surface area is 136 Å². The van der Waals surface area contributed by atoms with Gasteiger partial charge in [0.2, 0.25) is 0 Å². The molecule has 0 aromatic heterocycles. The summed E-state index contributed by atoms with van der Waals surface area (Å²) in [5.41, 5.74) is 0.181. The number of ether oxygens (including phenoxy) is 2. The zero-order valence-corrected chi connectivity index (χ0v) is 14.9. The number of hydrogen-bond acceptors (Lipinski definition) is 5. The molecule has 0 aliphatic carbocycles. The van der Waals surface area contributed by atoms with Crippen LogP contribution in [0.15, 0.2) is 21.5 Å². The van der Waals surface area contributed by atoms with Crippen LogP contribution in [0, 0.1) is 0 Å². The predicted molar refractivity (Wildman–Crippen MR) is 82.6 cm³/mol. The molecule has 6 nitrogen and oxygen atoms in total. The van der Waals surface area contributed by atoms with E-state index < -0.39 is 9.05 Å². The van der Waals surface area contributed by atoms with Crippen molar-refractivity contribution in [3.63, 3.8) is 0 Å². The summed E-state index contributed by atoms with van der Waals surface area (Å²) in [5, 5.41) is 0. The SMILES string of the molecule is COCCN(C)C(=O)c1cc(Br)c(OC)c(S(=O)(=O)Cl)c1. The van der Waals surface area contributed by atoms with Gasteiger partial charge < -0.3 is 14.4 Å². The van der Waals surface area contributed by atoms with Crippen LogP contribution < -0.4 is 4.74 Å². The van der Waals surface area contributed by atoms with Crippen LogP contribution in [0.1, 0.15) is 10.4 Å². The van der Waals surface area contributed by atoms with E-state index in [0.29, 0.717) is 17.6 Å². The van der Waals surface area contributed by atoms with E-state index in [1.807, 2.05) is 0 Å². The highest BCUT2D eigenvalue weighted by molar-refractivity contribution is 9.10. The lowest BCUT2D eigenvalue weighted by molar-refractivity contribution is 0.0744. The summed E-state index contributed by atoms with van der Waals surface area (Å²) in [4.78, 5) is 13.4. The maximum Gasteiger partial charge on any atom is 0.265 e. The quantitative estimate of drug-likeness (QED) is 0.684. The van der Waals surface area contributed by atoms with Crippen LogP contribution in [0.5, 0.6) is 5.75 Å². The normalized spacial score (nSPS) is 11.3. The molecule has 1 aromatic carbocycles. The monoisotopic (exact) mass is 399 g/mol. The van der Waals surface area contributed by atoms with Crippen LogP contribution in [0.4, 0.5) is 0 Å². The first-order valence-corrected chi connectivity index (χ1v) is 8.89. The summed E-state index contributed by atoms with van der Waals surface area (Å²) in [6.07, 6.45) is 0. The number of methoxy groups -OCH3 is 2. The van der Waals surface area contributed by atoms with Crippen LogP contribution in [0.3, 0.4) is 0 Å². The molecule has 0 saturated heterocycles. The summed E-state index contributed by atoms with van der Waals surface area (Å²) < 4.78 is 33.4. The number of rotatable bonds is 6. The Balaban J connectivity index is 3.27. The minimum Gasteiger partial charge on any atom is -0.494 e. The summed E-state index contributed by atoms with van der Waals surface area (Å²) in [6.45, 7) is 0.752. The summed E-state index contributed by atoms with van der Waals surface area (Å²) in [6, 6.07) is 2.67. The minimum atomic E-state index is -4.04. The van der Waals surface area contributed by atoms with Crippen LogP contribution in [-0.4, -0.2) is 53.6 Å². The predicted octanol–water partition coefficient (Wildman–Crippen LogP) is 2.10. The molecule has 0 N–H and O–H groups in total. The number of likely N-dealkylation sites (N-methyl/N-ethyl adjacent to an activating group) is 1. The second-order valence-electron chi connectivity index (χ2n) is 4.15. The lowest BCUT2D eigenvalue weighted by atomic mass is 10.2. The smallest absolute Gasteiger partial charge is 0.265 e. The molecular weight excluding hydrogens is 386 g/mol. The summed E-state index contributed by atoms with van der Waals surface area (Å²) >= 11 is 3.18. The van der Waals surface area contributed by atoms with Crippen molar-refractivity contribution in [2.45, 2.75) is 4.90 Å². The molecule has 0 unspecified atom stereocenters. The van der Waals surface area contributed by atoms with Crippen molar-refractivity contribution in [3.05, 3.63) is 22.2 Å². The molecule has 1 rings (SSSR count). The maximum atomic E-state index is 12.3. The summed E-state index contributed by atoms with van der Waals surface area (Å²) in [5.74, 6) is -0.293. The first-order chi connectivity index (χ1) is 9.72. The number of amides is 1. The number of carbonyl (C=O) groups excluding carboxylic acids is 1. The first kappa shape index (κ1) is 18.2. The Morgan fingerprint density at radius 3 is 2.48 bits per heavy atom. The van der Waals surface area contributed by atoms with Crippen molar-refractivity contribution in [1.82, 2.24) is 4.90 Å². The molecule has 0 aliphatic heterocycles. The van der Waals surface area contributed by atoms with E-state index in [4.69, 9.17) is 20.2 Å². The highest BCUT2D eigenvalue weighted by atomic mass is 79.9. The van der Waals surface area contributed by atoms with Gasteiger partial charge in [-0.3, -0.25) is 4.79 Å². The van der Waals surface area contributed by atoms with Crippen LogP contribution in [0.2, 0.25) is 0 Å². The van der Waals surface area contributed by atoms with Crippen LogP contribution in [-0.2, 0) is 13.8 Å². The van der Waals surface area contributed by atoms with Gasteiger partial charge in [-0.05, 0) is 28.1 Å². The Hall–Kier alpha value is -0.830. The zero-order chi connectivity index (χ0) is 16.2. The van der Waals surface area contributed by atoms with Gasteiger partial charge in [-0.15, -0.1) is 0 Å². The second-order valence-corrected chi connectivity index (χ2v) is 7.54. The van der Waals surface area contributed by atoms with Gasteiger partial charge in [0.15, 0.2) is 5.75 Å². The molecule has 0 fully saturated rings. The lowest BCUT2D eigenvalue weighted by Crippen LogP contribution is -2.30. The van der Waals surface area contributed by atoms with Gasteiger partial charge in [0.05, 0.1) is 18.2 Å². The average molecular weight is 401 g/mol. The summed E-state index contributed by atoms with van der Waals surface area (Å²) in [7, 11) is 5.77. The van der Waals surface area contributed by atoms with E-state index >= 15 is 0 Å². The van der Waals surface area contributed by atoms with Gasteiger partial charge in [0, 0.05) is 36.9 Å². The van der Waals surface area contributed by atoms with Crippen LogP contribution in [0.25, 0.3) is 0 Å². The first-order valence-electron chi connectivity index (χ1n) is 5.79. The number of benzene rings is 1. The highest BCUT2D eigenvalue weighted by Crippen LogP contribution is 2.35. The van der Waals surface area contributed by atoms with E-state index in [0.717, 1.165) is 0 Å². The number of halogens is 2. The van der Waals surface area contributed by atoms with Crippen molar-refractivity contribution in [3.8, 4) is 5.75 Å². The largest absolute Gasteiger partial charge is 0.494 e. The lowest BCUT2D eigenvalue weighted by Gasteiger charge is -2.18. The van der Waals surface area contributed by atoms with Gasteiger partial charge >= 0.3 is 0 Å². The zero-order valence-electron chi connectivity index (χ0n) is 11.7. The molecule has 1 amide bonds. The molecule has 0 atom stereocenters. The Bertz CT molecular complexity index is 635. The van der Waals surface area contributed by atoms with E-state index in [-0.39, 0.29) is 22.1 Å². The fourth-order valence-electron chi connectivity index (χ4n) is 1.62. The van der Waals surface area contributed by atoms with E-state index in [2.05, 4.69) is 15.9 Å². The Morgan fingerprint density at radius 2 is 2.00 bits per heavy atom. The minimum absolute atomic E-state index is 0.0566. The Kier molecular flexibility index (Phi) is 6.45. The Morgan fingerprint density at radius 1 is 1.38 bits per heavy atom.